The van der Waals surface area contributed by atoms with Crippen molar-refractivity contribution in [2.24, 2.45) is 0 Å². The van der Waals surface area contributed by atoms with Gasteiger partial charge in [-0.1, -0.05) is 71.9 Å². The lowest BCUT2D eigenvalue weighted by molar-refractivity contribution is 0.526. The molecule has 0 amide bonds. The largest absolute Gasteiger partial charge is 0.236 e. The van der Waals surface area contributed by atoms with E-state index in [1.807, 2.05) is 23.5 Å². The summed E-state index contributed by atoms with van der Waals surface area (Å²) in [6, 6.07) is 32.0. The van der Waals surface area contributed by atoms with Crippen LogP contribution in [0.2, 0.25) is 0 Å². The molecule has 0 spiro atoms. The van der Waals surface area contributed by atoms with Crippen molar-refractivity contribution in [3.05, 3.63) is 106 Å². The van der Waals surface area contributed by atoms with Gasteiger partial charge in [0.15, 0.2) is 0 Å². The first-order valence-corrected chi connectivity index (χ1v) is 10.6. The summed E-state index contributed by atoms with van der Waals surface area (Å²) in [4.78, 5) is 2.62. The molecule has 2 aromatic heterocycles. The second-order valence-corrected chi connectivity index (χ2v) is 8.53. The normalized spacial score (nSPS) is 12.3. The van der Waals surface area contributed by atoms with E-state index < -0.39 is 0 Å². The first-order chi connectivity index (χ1) is 14.3. The topological polar surface area (TPSA) is 30.7 Å². The predicted octanol–water partition coefficient (Wildman–Crippen LogP) is 6.30. The maximum atomic E-state index is 4.55. The van der Waals surface area contributed by atoms with Gasteiger partial charge in [0, 0.05) is 16.2 Å². The molecule has 0 saturated heterocycles. The lowest BCUT2D eigenvalue weighted by atomic mass is 9.94. The monoisotopic (exact) mass is 395 g/mol. The van der Waals surface area contributed by atoms with Gasteiger partial charge in [0.1, 0.15) is 5.52 Å². The van der Waals surface area contributed by atoms with Crippen molar-refractivity contribution in [1.82, 2.24) is 15.0 Å². The van der Waals surface area contributed by atoms with Crippen LogP contribution in [0.5, 0.6) is 0 Å². The minimum Gasteiger partial charge on any atom is -0.236 e. The van der Waals surface area contributed by atoms with E-state index in [-0.39, 0.29) is 6.04 Å². The maximum Gasteiger partial charge on any atom is 0.113 e. The summed E-state index contributed by atoms with van der Waals surface area (Å²) in [7, 11) is 0. The van der Waals surface area contributed by atoms with E-state index in [0.717, 1.165) is 17.5 Å². The smallest absolute Gasteiger partial charge is 0.113 e. The Morgan fingerprint density at radius 2 is 1.59 bits per heavy atom. The lowest BCUT2D eigenvalue weighted by Crippen LogP contribution is -2.14. The molecule has 0 aliphatic rings. The second-order valence-electron chi connectivity index (χ2n) is 7.21. The minimum atomic E-state index is 0.103. The fourth-order valence-electron chi connectivity index (χ4n) is 3.86. The van der Waals surface area contributed by atoms with Gasteiger partial charge in [-0.25, -0.2) is 4.68 Å². The van der Waals surface area contributed by atoms with Crippen LogP contribution in [0.3, 0.4) is 0 Å². The van der Waals surface area contributed by atoms with Crippen LogP contribution in [-0.2, 0) is 6.42 Å². The number of para-hydroxylation sites is 1. The molecule has 29 heavy (non-hydrogen) atoms. The molecule has 0 bridgehead atoms. The van der Waals surface area contributed by atoms with Crippen molar-refractivity contribution in [3.8, 4) is 11.1 Å². The molecule has 0 fully saturated rings. The van der Waals surface area contributed by atoms with Crippen LogP contribution in [0, 0.1) is 6.92 Å². The van der Waals surface area contributed by atoms with E-state index in [0.29, 0.717) is 0 Å². The molecule has 142 valence electrons. The highest BCUT2D eigenvalue weighted by atomic mass is 32.1. The summed E-state index contributed by atoms with van der Waals surface area (Å²) in [6.07, 6.45) is 0.859. The molecule has 3 nitrogen and oxygen atoms in total. The molecule has 5 aromatic rings. The highest BCUT2D eigenvalue weighted by molar-refractivity contribution is 7.12. The van der Waals surface area contributed by atoms with Crippen molar-refractivity contribution in [1.29, 1.82) is 0 Å². The van der Waals surface area contributed by atoms with E-state index >= 15 is 0 Å². The first kappa shape index (κ1) is 17.8. The Morgan fingerprint density at radius 3 is 2.41 bits per heavy atom. The van der Waals surface area contributed by atoms with E-state index in [2.05, 4.69) is 101 Å². The number of thiophene rings is 1. The highest BCUT2D eigenvalue weighted by Gasteiger charge is 2.21. The molecule has 0 radical (unpaired) electrons. The van der Waals surface area contributed by atoms with Gasteiger partial charge in [-0.2, -0.15) is 0 Å². The number of aryl methyl sites for hydroxylation is 1. The zero-order valence-electron chi connectivity index (χ0n) is 16.2. The number of fused-ring (bicyclic) bond motifs is 1. The fraction of sp³-hybridized carbons (Fsp3) is 0.120. The average molecular weight is 396 g/mol. The van der Waals surface area contributed by atoms with E-state index in [1.165, 1.54) is 26.4 Å². The molecular formula is C25H21N3S. The molecule has 0 N–H and O–H groups in total. The number of hydrogen-bond donors (Lipinski definition) is 0. The summed E-state index contributed by atoms with van der Waals surface area (Å²) in [5, 5.41) is 8.96. The molecule has 1 atom stereocenters. The summed E-state index contributed by atoms with van der Waals surface area (Å²) < 4.78 is 2.09. The number of aromatic nitrogens is 3. The van der Waals surface area contributed by atoms with E-state index in [4.69, 9.17) is 0 Å². The fourth-order valence-corrected chi connectivity index (χ4v) is 4.83. The van der Waals surface area contributed by atoms with Crippen molar-refractivity contribution in [2.75, 3.05) is 0 Å². The Hall–Kier alpha value is -3.24. The van der Waals surface area contributed by atoms with Crippen molar-refractivity contribution in [2.45, 2.75) is 19.4 Å². The zero-order valence-corrected chi connectivity index (χ0v) is 17.0. The standard InChI is InChI=1S/C25H21N3S/c1-18-15-16-25(29-18)24(28-23-14-8-7-13-22(23)26-27-28)17-20-11-5-6-12-21(20)19-9-3-2-4-10-19/h2-16,24H,17H2,1H3. The van der Waals surface area contributed by atoms with E-state index in [9.17, 15) is 0 Å². The number of rotatable bonds is 5. The Labute approximate surface area is 174 Å². The van der Waals surface area contributed by atoms with Gasteiger partial charge in [0.05, 0.1) is 11.6 Å². The van der Waals surface area contributed by atoms with Crippen molar-refractivity contribution in [3.63, 3.8) is 0 Å². The van der Waals surface area contributed by atoms with Gasteiger partial charge in [-0.05, 0) is 47.9 Å². The summed E-state index contributed by atoms with van der Waals surface area (Å²) in [5.41, 5.74) is 5.83. The van der Waals surface area contributed by atoms with Crippen LogP contribution in [0.25, 0.3) is 22.2 Å². The third kappa shape index (κ3) is 3.47. The lowest BCUT2D eigenvalue weighted by Gasteiger charge is -2.19. The van der Waals surface area contributed by atoms with Gasteiger partial charge < -0.3 is 0 Å². The third-order valence-electron chi connectivity index (χ3n) is 5.28. The second kappa shape index (κ2) is 7.64. The average Bonchev–Trinajstić information content (AvgIpc) is 3.39. The van der Waals surface area contributed by atoms with Crippen molar-refractivity contribution < 1.29 is 0 Å². The molecule has 0 aliphatic carbocycles. The van der Waals surface area contributed by atoms with Crippen LogP contribution in [0.15, 0.2) is 91.0 Å². The van der Waals surface area contributed by atoms with Crippen LogP contribution in [0.1, 0.15) is 21.4 Å². The summed E-state index contributed by atoms with van der Waals surface area (Å²) >= 11 is 1.83. The van der Waals surface area contributed by atoms with Gasteiger partial charge in [-0.3, -0.25) is 0 Å². The number of nitrogens with zero attached hydrogens (tertiary/aromatic N) is 3. The summed E-state index contributed by atoms with van der Waals surface area (Å²) in [5.74, 6) is 0. The third-order valence-corrected chi connectivity index (χ3v) is 6.38. The quantitative estimate of drug-likeness (QED) is 0.350. The molecular weight excluding hydrogens is 374 g/mol. The van der Waals surface area contributed by atoms with Crippen LogP contribution >= 0.6 is 11.3 Å². The summed E-state index contributed by atoms with van der Waals surface area (Å²) in [6.45, 7) is 2.16. The molecule has 4 heteroatoms. The minimum absolute atomic E-state index is 0.103. The molecule has 2 heterocycles. The zero-order chi connectivity index (χ0) is 19.6. The molecule has 0 aliphatic heterocycles. The molecule has 3 aromatic carbocycles. The van der Waals surface area contributed by atoms with Gasteiger partial charge in [-0.15, -0.1) is 16.4 Å². The molecule has 5 rings (SSSR count). The molecule has 0 saturated carbocycles. The highest BCUT2D eigenvalue weighted by Crippen LogP contribution is 2.33. The SMILES string of the molecule is Cc1ccc(C(Cc2ccccc2-c2ccccc2)n2nnc3ccccc32)s1. The van der Waals surface area contributed by atoms with Gasteiger partial charge in [0.25, 0.3) is 0 Å². The Balaban J connectivity index is 1.63. The Morgan fingerprint density at radius 1 is 0.828 bits per heavy atom. The maximum absolute atomic E-state index is 4.55. The first-order valence-electron chi connectivity index (χ1n) is 9.79. The molecule has 1 unspecified atom stereocenters. The predicted molar refractivity (Wildman–Crippen MR) is 120 cm³/mol. The van der Waals surface area contributed by atoms with Crippen LogP contribution in [0.4, 0.5) is 0 Å². The Bertz CT molecular complexity index is 1250. The van der Waals surface area contributed by atoms with Gasteiger partial charge >= 0.3 is 0 Å². The number of benzene rings is 3. The van der Waals surface area contributed by atoms with Crippen LogP contribution < -0.4 is 0 Å². The Kier molecular flexibility index (Phi) is 4.70. The van der Waals surface area contributed by atoms with E-state index in [1.54, 1.807) is 0 Å². The number of hydrogen-bond acceptors (Lipinski definition) is 3. The van der Waals surface area contributed by atoms with Gasteiger partial charge in [0.2, 0.25) is 0 Å². The van der Waals surface area contributed by atoms with Crippen molar-refractivity contribution >= 4 is 22.4 Å². The van der Waals surface area contributed by atoms with Crippen LogP contribution in [-0.4, -0.2) is 15.0 Å².